The fraction of sp³-hybridized carbons (Fsp3) is 0.700. The molecule has 1 fully saturated rings. The highest BCUT2D eigenvalue weighted by Gasteiger charge is 2.33. The Morgan fingerprint density at radius 2 is 2.38 bits per heavy atom. The Labute approximate surface area is 98.8 Å². The van der Waals surface area contributed by atoms with Gasteiger partial charge in [0.2, 0.25) is 11.8 Å². The zero-order valence-electron chi connectivity index (χ0n) is 9.15. The van der Waals surface area contributed by atoms with Gasteiger partial charge in [-0.25, -0.2) is 0 Å². The summed E-state index contributed by atoms with van der Waals surface area (Å²) in [5.74, 6) is 1.27. The second kappa shape index (κ2) is 4.82. The molecule has 0 radical (unpaired) electrons. The van der Waals surface area contributed by atoms with E-state index in [-0.39, 0.29) is 11.8 Å². The van der Waals surface area contributed by atoms with Gasteiger partial charge in [-0.05, 0) is 12.3 Å². The van der Waals surface area contributed by atoms with Crippen LogP contribution in [0.5, 0.6) is 0 Å². The third-order valence-electron chi connectivity index (χ3n) is 2.57. The summed E-state index contributed by atoms with van der Waals surface area (Å²) >= 11 is 5.74. The highest BCUT2D eigenvalue weighted by Crippen LogP contribution is 2.24. The van der Waals surface area contributed by atoms with Crippen LogP contribution in [0.1, 0.15) is 25.7 Å². The van der Waals surface area contributed by atoms with Gasteiger partial charge in [0.1, 0.15) is 0 Å². The van der Waals surface area contributed by atoms with Crippen LogP contribution >= 0.6 is 11.6 Å². The summed E-state index contributed by atoms with van der Waals surface area (Å²) < 4.78 is 5.41. The lowest BCUT2D eigenvalue weighted by atomic mass is 10.2. The lowest BCUT2D eigenvalue weighted by Gasteiger charge is -2.09. The van der Waals surface area contributed by atoms with E-state index >= 15 is 0 Å². The molecular formula is C10H14ClN3O2. The van der Waals surface area contributed by atoms with Gasteiger partial charge in [-0.2, -0.15) is 0 Å². The number of anilines is 1. The smallest absolute Gasteiger partial charge is 0.325 e. The first-order valence-corrected chi connectivity index (χ1v) is 5.96. The SMILES string of the molecule is CCCc1nnc(N2CC(CCl)CC2=O)o1. The summed E-state index contributed by atoms with van der Waals surface area (Å²) in [7, 11) is 0. The predicted octanol–water partition coefficient (Wildman–Crippen LogP) is 1.61. The van der Waals surface area contributed by atoms with E-state index in [2.05, 4.69) is 10.2 Å². The topological polar surface area (TPSA) is 59.2 Å². The van der Waals surface area contributed by atoms with Crippen LogP contribution in [-0.2, 0) is 11.2 Å². The van der Waals surface area contributed by atoms with E-state index in [4.69, 9.17) is 16.0 Å². The number of amides is 1. The van der Waals surface area contributed by atoms with Crippen molar-refractivity contribution < 1.29 is 9.21 Å². The van der Waals surface area contributed by atoms with E-state index in [1.165, 1.54) is 4.90 Å². The fourth-order valence-corrected chi connectivity index (χ4v) is 1.95. The van der Waals surface area contributed by atoms with E-state index in [0.717, 1.165) is 12.8 Å². The molecule has 88 valence electrons. The summed E-state index contributed by atoms with van der Waals surface area (Å²) in [6.07, 6.45) is 2.16. The highest BCUT2D eigenvalue weighted by molar-refractivity contribution is 6.18. The molecule has 1 aliphatic heterocycles. The van der Waals surface area contributed by atoms with Gasteiger partial charge in [0.25, 0.3) is 0 Å². The first kappa shape index (κ1) is 11.4. The number of rotatable bonds is 4. The van der Waals surface area contributed by atoms with Crippen LogP contribution in [0, 0.1) is 5.92 Å². The van der Waals surface area contributed by atoms with Crippen LogP contribution in [0.4, 0.5) is 6.01 Å². The molecule has 1 unspecified atom stereocenters. The third kappa shape index (κ3) is 2.19. The van der Waals surface area contributed by atoms with Gasteiger partial charge in [-0.15, -0.1) is 16.7 Å². The molecule has 5 nitrogen and oxygen atoms in total. The average Bonchev–Trinajstić information content (AvgIpc) is 2.85. The van der Waals surface area contributed by atoms with Crippen LogP contribution in [-0.4, -0.2) is 28.5 Å². The molecule has 0 aromatic carbocycles. The van der Waals surface area contributed by atoms with E-state index in [1.54, 1.807) is 0 Å². The molecule has 1 aromatic heterocycles. The predicted molar refractivity (Wildman–Crippen MR) is 59.5 cm³/mol. The quantitative estimate of drug-likeness (QED) is 0.754. The number of aryl methyl sites for hydroxylation is 1. The Bertz CT molecular complexity index is 380. The summed E-state index contributed by atoms with van der Waals surface area (Å²) in [5.41, 5.74) is 0. The summed E-state index contributed by atoms with van der Waals surface area (Å²) in [6, 6.07) is 0.307. The van der Waals surface area contributed by atoms with Gasteiger partial charge < -0.3 is 4.42 Å². The van der Waals surface area contributed by atoms with Crippen LogP contribution < -0.4 is 4.90 Å². The lowest BCUT2D eigenvalue weighted by Crippen LogP contribution is -2.24. The maximum Gasteiger partial charge on any atom is 0.325 e. The van der Waals surface area contributed by atoms with Gasteiger partial charge in [0, 0.05) is 25.3 Å². The van der Waals surface area contributed by atoms with Crippen molar-refractivity contribution in [3.63, 3.8) is 0 Å². The van der Waals surface area contributed by atoms with Crippen molar-refractivity contribution in [2.24, 2.45) is 5.92 Å². The summed E-state index contributed by atoms with van der Waals surface area (Å²) in [6.45, 7) is 2.62. The third-order valence-corrected chi connectivity index (χ3v) is 3.01. The number of hydrogen-bond donors (Lipinski definition) is 0. The monoisotopic (exact) mass is 243 g/mol. The first-order valence-electron chi connectivity index (χ1n) is 5.43. The van der Waals surface area contributed by atoms with E-state index in [1.807, 2.05) is 6.92 Å². The minimum absolute atomic E-state index is 0.0114. The summed E-state index contributed by atoms with van der Waals surface area (Å²) in [4.78, 5) is 13.2. The van der Waals surface area contributed by atoms with Gasteiger partial charge in [0.05, 0.1) is 0 Å². The Hall–Kier alpha value is -1.10. The molecule has 0 spiro atoms. The number of alkyl halides is 1. The van der Waals surface area contributed by atoms with Crippen molar-refractivity contribution in [2.75, 3.05) is 17.3 Å². The van der Waals surface area contributed by atoms with Crippen molar-refractivity contribution >= 4 is 23.5 Å². The molecule has 2 heterocycles. The molecule has 1 aromatic rings. The lowest BCUT2D eigenvalue weighted by molar-refractivity contribution is -0.117. The number of nitrogens with zero attached hydrogens (tertiary/aromatic N) is 3. The van der Waals surface area contributed by atoms with E-state index in [0.29, 0.717) is 30.8 Å². The van der Waals surface area contributed by atoms with Crippen molar-refractivity contribution in [1.29, 1.82) is 0 Å². The maximum atomic E-state index is 11.7. The molecule has 16 heavy (non-hydrogen) atoms. The molecule has 1 aliphatic rings. The number of hydrogen-bond acceptors (Lipinski definition) is 4. The van der Waals surface area contributed by atoms with Gasteiger partial charge in [-0.3, -0.25) is 9.69 Å². The van der Waals surface area contributed by atoms with E-state index < -0.39 is 0 Å². The van der Waals surface area contributed by atoms with Crippen LogP contribution in [0.15, 0.2) is 4.42 Å². The molecule has 0 N–H and O–H groups in total. The molecule has 1 saturated heterocycles. The minimum Gasteiger partial charge on any atom is -0.408 e. The standard InChI is InChI=1S/C10H14ClN3O2/c1-2-3-8-12-13-10(16-8)14-6-7(5-11)4-9(14)15/h7H,2-6H2,1H3. The summed E-state index contributed by atoms with van der Waals surface area (Å²) in [5, 5.41) is 7.77. The minimum atomic E-state index is 0.0114. The molecule has 0 saturated carbocycles. The molecule has 6 heteroatoms. The normalized spacial score (nSPS) is 20.8. The largest absolute Gasteiger partial charge is 0.408 e. The number of carbonyl (C=O) groups excluding carboxylic acids is 1. The first-order chi connectivity index (χ1) is 7.74. The Kier molecular flexibility index (Phi) is 3.43. The second-order valence-corrected chi connectivity index (χ2v) is 4.27. The Balaban J connectivity index is 2.09. The van der Waals surface area contributed by atoms with E-state index in [9.17, 15) is 4.79 Å². The Morgan fingerprint density at radius 3 is 3.00 bits per heavy atom. The number of halogens is 1. The number of aromatic nitrogens is 2. The highest BCUT2D eigenvalue weighted by atomic mass is 35.5. The van der Waals surface area contributed by atoms with Crippen LogP contribution in [0.3, 0.4) is 0 Å². The molecule has 0 aliphatic carbocycles. The number of carbonyl (C=O) groups is 1. The zero-order chi connectivity index (χ0) is 11.5. The van der Waals surface area contributed by atoms with Crippen molar-refractivity contribution in [3.05, 3.63) is 5.89 Å². The fourth-order valence-electron chi connectivity index (χ4n) is 1.74. The zero-order valence-corrected chi connectivity index (χ0v) is 9.90. The van der Waals surface area contributed by atoms with Crippen LogP contribution in [0.25, 0.3) is 0 Å². The van der Waals surface area contributed by atoms with Crippen molar-refractivity contribution in [2.45, 2.75) is 26.2 Å². The molecule has 0 bridgehead atoms. The molecular weight excluding hydrogens is 230 g/mol. The van der Waals surface area contributed by atoms with Crippen LogP contribution in [0.2, 0.25) is 0 Å². The maximum absolute atomic E-state index is 11.7. The molecule has 1 atom stereocenters. The van der Waals surface area contributed by atoms with Gasteiger partial charge in [-0.1, -0.05) is 12.0 Å². The van der Waals surface area contributed by atoms with Crippen molar-refractivity contribution in [3.8, 4) is 0 Å². The second-order valence-electron chi connectivity index (χ2n) is 3.96. The Morgan fingerprint density at radius 1 is 1.56 bits per heavy atom. The van der Waals surface area contributed by atoms with Gasteiger partial charge in [0.15, 0.2) is 0 Å². The van der Waals surface area contributed by atoms with Crippen molar-refractivity contribution in [1.82, 2.24) is 10.2 Å². The van der Waals surface area contributed by atoms with Gasteiger partial charge >= 0.3 is 6.01 Å². The average molecular weight is 244 g/mol. The molecule has 2 rings (SSSR count). The molecule has 1 amide bonds.